The van der Waals surface area contributed by atoms with E-state index in [1.54, 1.807) is 7.11 Å². The minimum Gasteiger partial charge on any atom is -0.383 e. The Morgan fingerprint density at radius 1 is 1.33 bits per heavy atom. The number of nitrogens with zero attached hydrogens (tertiary/aromatic N) is 2. The molecule has 0 spiro atoms. The van der Waals surface area contributed by atoms with Crippen LogP contribution in [0.1, 0.15) is 38.2 Å². The van der Waals surface area contributed by atoms with Crippen LogP contribution in [0.15, 0.2) is 18.3 Å². The van der Waals surface area contributed by atoms with Crippen LogP contribution < -0.4 is 10.2 Å². The quantitative estimate of drug-likeness (QED) is 0.784. The monoisotopic (exact) mass is 291 g/mol. The maximum Gasteiger partial charge on any atom is 0.128 e. The van der Waals surface area contributed by atoms with E-state index >= 15 is 0 Å². The van der Waals surface area contributed by atoms with E-state index in [2.05, 4.69) is 41.3 Å². The van der Waals surface area contributed by atoms with E-state index in [4.69, 9.17) is 4.74 Å². The van der Waals surface area contributed by atoms with Crippen LogP contribution in [-0.2, 0) is 11.3 Å². The van der Waals surface area contributed by atoms with E-state index in [1.165, 1.54) is 31.2 Å². The van der Waals surface area contributed by atoms with Crippen LogP contribution in [0.4, 0.5) is 5.82 Å². The van der Waals surface area contributed by atoms with Crippen molar-refractivity contribution in [2.24, 2.45) is 5.92 Å². The number of nitrogens with one attached hydrogen (secondary N) is 1. The van der Waals surface area contributed by atoms with Crippen molar-refractivity contribution in [3.8, 4) is 0 Å². The zero-order chi connectivity index (χ0) is 15.1. The van der Waals surface area contributed by atoms with Crippen LogP contribution in [0.25, 0.3) is 0 Å². The Hall–Kier alpha value is -1.13. The van der Waals surface area contributed by atoms with Gasteiger partial charge in [0.2, 0.25) is 0 Å². The number of hydrogen-bond acceptors (Lipinski definition) is 4. The van der Waals surface area contributed by atoms with Crippen molar-refractivity contribution in [3.05, 3.63) is 23.9 Å². The molecule has 1 N–H and O–H groups in total. The maximum atomic E-state index is 5.02. The lowest BCUT2D eigenvalue weighted by molar-refractivity contribution is 0.199. The third-order valence-electron chi connectivity index (χ3n) is 4.55. The first-order valence-corrected chi connectivity index (χ1v) is 8.09. The van der Waals surface area contributed by atoms with Crippen LogP contribution in [0.3, 0.4) is 0 Å². The molecule has 21 heavy (non-hydrogen) atoms. The smallest absolute Gasteiger partial charge is 0.128 e. The molecule has 2 unspecified atom stereocenters. The topological polar surface area (TPSA) is 37.4 Å². The van der Waals surface area contributed by atoms with Gasteiger partial charge in [-0.05, 0) is 30.4 Å². The van der Waals surface area contributed by atoms with E-state index < -0.39 is 0 Å². The normalized spacial score (nSPS) is 22.2. The van der Waals surface area contributed by atoms with Crippen LogP contribution >= 0.6 is 0 Å². The Balaban J connectivity index is 1.88. The van der Waals surface area contributed by atoms with Crippen molar-refractivity contribution >= 4 is 5.82 Å². The number of methoxy groups -OCH3 is 1. The molecule has 4 heteroatoms. The van der Waals surface area contributed by atoms with Gasteiger partial charge >= 0.3 is 0 Å². The number of hydrogen-bond donors (Lipinski definition) is 1. The third kappa shape index (κ3) is 4.68. The summed E-state index contributed by atoms with van der Waals surface area (Å²) in [6.07, 6.45) is 7.35. The van der Waals surface area contributed by atoms with Crippen molar-refractivity contribution in [2.75, 3.05) is 32.2 Å². The summed E-state index contributed by atoms with van der Waals surface area (Å²) in [6, 6.07) is 4.96. The van der Waals surface area contributed by atoms with Crippen LogP contribution in [0.2, 0.25) is 0 Å². The van der Waals surface area contributed by atoms with Gasteiger partial charge in [-0.1, -0.05) is 25.8 Å². The molecule has 0 saturated heterocycles. The highest BCUT2D eigenvalue weighted by Crippen LogP contribution is 2.29. The molecule has 1 fully saturated rings. The van der Waals surface area contributed by atoms with Gasteiger partial charge in [-0.2, -0.15) is 0 Å². The molecule has 0 amide bonds. The number of aromatic nitrogens is 1. The molecule has 118 valence electrons. The molecular weight excluding hydrogens is 262 g/mol. The van der Waals surface area contributed by atoms with E-state index in [9.17, 15) is 0 Å². The zero-order valence-electron chi connectivity index (χ0n) is 13.6. The number of rotatable bonds is 7. The second-order valence-electron chi connectivity index (χ2n) is 6.13. The molecule has 1 saturated carbocycles. The summed E-state index contributed by atoms with van der Waals surface area (Å²) in [7, 11) is 3.91. The van der Waals surface area contributed by atoms with Gasteiger partial charge in [-0.3, -0.25) is 0 Å². The molecule has 0 aromatic carbocycles. The Morgan fingerprint density at radius 3 is 2.81 bits per heavy atom. The fourth-order valence-corrected chi connectivity index (χ4v) is 3.18. The minimum absolute atomic E-state index is 0.636. The predicted octanol–water partition coefficient (Wildman–Crippen LogP) is 2.83. The minimum atomic E-state index is 0.636. The van der Waals surface area contributed by atoms with Crippen molar-refractivity contribution in [1.82, 2.24) is 10.3 Å². The Kier molecular flexibility index (Phi) is 6.46. The molecule has 1 aromatic rings. The van der Waals surface area contributed by atoms with E-state index in [0.29, 0.717) is 6.04 Å². The first-order chi connectivity index (χ1) is 10.2. The highest BCUT2D eigenvalue weighted by Gasteiger charge is 2.25. The van der Waals surface area contributed by atoms with Gasteiger partial charge in [-0.25, -0.2) is 4.98 Å². The summed E-state index contributed by atoms with van der Waals surface area (Å²) in [5, 5.41) is 3.34. The summed E-state index contributed by atoms with van der Waals surface area (Å²) in [6.45, 7) is 4.83. The summed E-state index contributed by atoms with van der Waals surface area (Å²) < 4.78 is 5.02. The average molecular weight is 291 g/mol. The molecule has 0 aliphatic heterocycles. The Labute approximate surface area is 128 Å². The lowest BCUT2D eigenvalue weighted by atomic mass is 9.85. The Bertz CT molecular complexity index is 407. The average Bonchev–Trinajstić information content (AvgIpc) is 2.52. The van der Waals surface area contributed by atoms with Crippen molar-refractivity contribution < 1.29 is 4.74 Å². The molecule has 0 bridgehead atoms. The fourth-order valence-electron chi connectivity index (χ4n) is 3.18. The molecule has 0 radical (unpaired) electrons. The number of ether oxygens (including phenoxy) is 1. The third-order valence-corrected chi connectivity index (χ3v) is 4.55. The predicted molar refractivity (Wildman–Crippen MR) is 87.6 cm³/mol. The SMILES string of the molecule is COCCNCc1ccc(N(C)C2CCCCC2C)nc1. The molecule has 1 aromatic heterocycles. The maximum absolute atomic E-state index is 5.02. The standard InChI is InChI=1S/C17H29N3O/c1-14-6-4-5-7-16(14)20(2)17-9-8-15(13-19-17)12-18-10-11-21-3/h8-9,13-14,16,18H,4-7,10-12H2,1-3H3. The van der Waals surface area contributed by atoms with E-state index in [0.717, 1.165) is 31.4 Å². The first kappa shape index (κ1) is 16.2. The Morgan fingerprint density at radius 2 is 2.14 bits per heavy atom. The van der Waals surface area contributed by atoms with Crippen molar-refractivity contribution in [1.29, 1.82) is 0 Å². The molecule has 1 aliphatic carbocycles. The summed E-state index contributed by atoms with van der Waals surface area (Å²) in [5.41, 5.74) is 1.22. The van der Waals surface area contributed by atoms with Gasteiger partial charge in [-0.15, -0.1) is 0 Å². The van der Waals surface area contributed by atoms with Gasteiger partial charge in [0.15, 0.2) is 0 Å². The molecule has 2 atom stereocenters. The van der Waals surface area contributed by atoms with E-state index in [-0.39, 0.29) is 0 Å². The summed E-state index contributed by atoms with van der Waals surface area (Å²) in [4.78, 5) is 7.01. The van der Waals surface area contributed by atoms with Gasteiger partial charge < -0.3 is 15.0 Å². The lowest BCUT2D eigenvalue weighted by Gasteiger charge is -2.37. The second-order valence-corrected chi connectivity index (χ2v) is 6.13. The van der Waals surface area contributed by atoms with Crippen molar-refractivity contribution in [2.45, 2.75) is 45.2 Å². The van der Waals surface area contributed by atoms with E-state index in [1.807, 2.05) is 6.20 Å². The molecule has 1 aliphatic rings. The van der Waals surface area contributed by atoms with Crippen LogP contribution in [-0.4, -0.2) is 38.3 Å². The summed E-state index contributed by atoms with van der Waals surface area (Å²) in [5.74, 6) is 1.86. The van der Waals surface area contributed by atoms with Crippen LogP contribution in [0, 0.1) is 5.92 Å². The van der Waals surface area contributed by atoms with Gasteiger partial charge in [0, 0.05) is 39.5 Å². The molecule has 4 nitrogen and oxygen atoms in total. The number of anilines is 1. The lowest BCUT2D eigenvalue weighted by Crippen LogP contribution is -2.39. The highest BCUT2D eigenvalue weighted by molar-refractivity contribution is 5.40. The van der Waals surface area contributed by atoms with Gasteiger partial charge in [0.25, 0.3) is 0 Å². The molecule has 2 rings (SSSR count). The highest BCUT2D eigenvalue weighted by atomic mass is 16.5. The molecular formula is C17H29N3O. The van der Waals surface area contributed by atoms with Crippen LogP contribution in [0.5, 0.6) is 0 Å². The number of pyridine rings is 1. The first-order valence-electron chi connectivity index (χ1n) is 8.09. The second kappa shape index (κ2) is 8.35. The summed E-state index contributed by atoms with van der Waals surface area (Å²) >= 11 is 0. The zero-order valence-corrected chi connectivity index (χ0v) is 13.6. The van der Waals surface area contributed by atoms with Gasteiger partial charge in [0.1, 0.15) is 5.82 Å². The fraction of sp³-hybridized carbons (Fsp3) is 0.706. The molecule has 1 heterocycles. The van der Waals surface area contributed by atoms with Crippen molar-refractivity contribution in [3.63, 3.8) is 0 Å². The largest absolute Gasteiger partial charge is 0.383 e. The van der Waals surface area contributed by atoms with Gasteiger partial charge in [0.05, 0.1) is 6.61 Å².